The fourth-order valence-electron chi connectivity index (χ4n) is 3.71. The van der Waals surface area contributed by atoms with Crippen LogP contribution in [0.4, 0.5) is 5.69 Å². The van der Waals surface area contributed by atoms with Crippen LogP contribution in [0.2, 0.25) is 0 Å². The standard InChI is InChI=1S/C23H42N.ClH/c1-5-6-7-8-9-10-11-12-13-14-15-18-21-24(3,4)23-20-17-16-19-22(23)2;/h16-17,19-20H,5-15,18,21H2,1-4H3;1H/q+1;/p-1. The zero-order valence-corrected chi connectivity index (χ0v) is 18.1. The number of para-hydroxylation sites is 1. The molecule has 25 heavy (non-hydrogen) atoms. The quantitative estimate of drug-likeness (QED) is 0.340. The Hall–Kier alpha value is -0.530. The SMILES string of the molecule is CCCCCCCCCCCCCC[N+](C)(C)c1ccccc1C.[Cl-]. The van der Waals surface area contributed by atoms with Crippen molar-refractivity contribution in [2.45, 2.75) is 90.9 Å². The molecule has 0 amide bonds. The van der Waals surface area contributed by atoms with Crippen LogP contribution in [0.15, 0.2) is 24.3 Å². The lowest BCUT2D eigenvalue weighted by Gasteiger charge is -2.30. The van der Waals surface area contributed by atoms with Gasteiger partial charge in [-0.3, -0.25) is 4.48 Å². The number of rotatable bonds is 14. The van der Waals surface area contributed by atoms with Gasteiger partial charge in [0, 0.05) is 5.56 Å². The molecule has 0 atom stereocenters. The number of quaternary nitrogens is 1. The first-order chi connectivity index (χ1) is 11.6. The van der Waals surface area contributed by atoms with Crippen molar-refractivity contribution in [2.24, 2.45) is 0 Å². The molecule has 0 radical (unpaired) electrons. The summed E-state index contributed by atoms with van der Waals surface area (Å²) in [5, 5.41) is 0. The first kappa shape index (κ1) is 24.5. The number of halogens is 1. The molecule has 146 valence electrons. The lowest BCUT2D eigenvalue weighted by Crippen LogP contribution is -3.00. The first-order valence-electron chi connectivity index (χ1n) is 10.5. The second-order valence-electron chi connectivity index (χ2n) is 8.08. The van der Waals surface area contributed by atoms with E-state index in [2.05, 4.69) is 52.2 Å². The van der Waals surface area contributed by atoms with E-state index in [1.54, 1.807) is 0 Å². The Morgan fingerprint density at radius 3 is 1.60 bits per heavy atom. The van der Waals surface area contributed by atoms with E-state index in [4.69, 9.17) is 0 Å². The van der Waals surface area contributed by atoms with Gasteiger partial charge in [-0.05, 0) is 25.8 Å². The predicted molar refractivity (Wildman–Crippen MR) is 111 cm³/mol. The summed E-state index contributed by atoms with van der Waals surface area (Å²) in [5.74, 6) is 0. The maximum absolute atomic E-state index is 2.35. The fourth-order valence-corrected chi connectivity index (χ4v) is 3.71. The Kier molecular flexibility index (Phi) is 14.3. The lowest BCUT2D eigenvalue weighted by molar-refractivity contribution is -0.00000547. The first-order valence-corrected chi connectivity index (χ1v) is 10.5. The fraction of sp³-hybridized carbons (Fsp3) is 0.739. The van der Waals surface area contributed by atoms with E-state index in [0.717, 1.165) is 4.48 Å². The van der Waals surface area contributed by atoms with Crippen LogP contribution in [0.1, 0.15) is 89.5 Å². The van der Waals surface area contributed by atoms with Gasteiger partial charge in [0.25, 0.3) is 0 Å². The van der Waals surface area contributed by atoms with Crippen LogP contribution in [-0.2, 0) is 0 Å². The van der Waals surface area contributed by atoms with Crippen molar-refractivity contribution in [1.29, 1.82) is 0 Å². The number of aryl methyl sites for hydroxylation is 1. The summed E-state index contributed by atoms with van der Waals surface area (Å²) in [6.45, 7) is 5.78. The third-order valence-electron chi connectivity index (χ3n) is 5.34. The topological polar surface area (TPSA) is 0 Å². The molecular formula is C23H42ClN. The zero-order valence-electron chi connectivity index (χ0n) is 17.3. The van der Waals surface area contributed by atoms with Gasteiger partial charge in [0.15, 0.2) is 0 Å². The van der Waals surface area contributed by atoms with E-state index in [9.17, 15) is 0 Å². The third-order valence-corrected chi connectivity index (χ3v) is 5.34. The Balaban J connectivity index is 0.00000576. The van der Waals surface area contributed by atoms with Gasteiger partial charge >= 0.3 is 0 Å². The summed E-state index contributed by atoms with van der Waals surface area (Å²) < 4.78 is 1.02. The molecule has 1 aromatic carbocycles. The number of unbranched alkanes of at least 4 members (excludes halogenated alkanes) is 11. The maximum Gasteiger partial charge on any atom is 0.135 e. The molecule has 0 spiro atoms. The van der Waals surface area contributed by atoms with Crippen molar-refractivity contribution in [1.82, 2.24) is 4.48 Å². The second kappa shape index (κ2) is 14.6. The van der Waals surface area contributed by atoms with Gasteiger partial charge in [-0.25, -0.2) is 0 Å². The van der Waals surface area contributed by atoms with Crippen LogP contribution in [0, 0.1) is 6.92 Å². The Bertz CT molecular complexity index is 428. The van der Waals surface area contributed by atoms with E-state index < -0.39 is 0 Å². The summed E-state index contributed by atoms with van der Waals surface area (Å²) in [5.41, 5.74) is 2.89. The highest BCUT2D eigenvalue weighted by molar-refractivity contribution is 5.48. The van der Waals surface area contributed by atoms with Gasteiger partial charge in [-0.2, -0.15) is 0 Å². The van der Waals surface area contributed by atoms with Gasteiger partial charge < -0.3 is 12.4 Å². The van der Waals surface area contributed by atoms with E-state index in [1.165, 1.54) is 94.8 Å². The molecule has 1 nitrogen and oxygen atoms in total. The molecule has 1 aromatic rings. The Morgan fingerprint density at radius 2 is 1.12 bits per heavy atom. The number of hydrogen-bond donors (Lipinski definition) is 0. The van der Waals surface area contributed by atoms with Crippen molar-refractivity contribution in [2.75, 3.05) is 20.6 Å². The van der Waals surface area contributed by atoms with Crippen molar-refractivity contribution in [3.05, 3.63) is 29.8 Å². The molecule has 0 fully saturated rings. The minimum atomic E-state index is 0. The highest BCUT2D eigenvalue weighted by Crippen LogP contribution is 2.24. The van der Waals surface area contributed by atoms with Crippen LogP contribution in [0.25, 0.3) is 0 Å². The summed E-state index contributed by atoms with van der Waals surface area (Å²) in [4.78, 5) is 0. The molecule has 1 rings (SSSR count). The van der Waals surface area contributed by atoms with Gasteiger partial charge in [0.05, 0.1) is 20.6 Å². The average Bonchev–Trinajstić information content (AvgIpc) is 2.56. The lowest BCUT2D eigenvalue weighted by atomic mass is 10.0. The average molecular weight is 368 g/mol. The Morgan fingerprint density at radius 1 is 0.680 bits per heavy atom. The molecular weight excluding hydrogens is 326 g/mol. The van der Waals surface area contributed by atoms with Crippen molar-refractivity contribution in [3.8, 4) is 0 Å². The maximum atomic E-state index is 2.35. The minimum Gasteiger partial charge on any atom is -1.00 e. The zero-order chi connectivity index (χ0) is 17.7. The Labute approximate surface area is 164 Å². The monoisotopic (exact) mass is 367 g/mol. The summed E-state index contributed by atoms with van der Waals surface area (Å²) in [7, 11) is 4.70. The van der Waals surface area contributed by atoms with Gasteiger partial charge in [0.1, 0.15) is 5.69 Å². The predicted octanol–water partition coefficient (Wildman–Crippen LogP) is 4.27. The van der Waals surface area contributed by atoms with Crippen LogP contribution < -0.4 is 16.9 Å². The molecule has 0 bridgehead atoms. The van der Waals surface area contributed by atoms with Gasteiger partial charge in [-0.1, -0.05) is 89.3 Å². The van der Waals surface area contributed by atoms with Crippen molar-refractivity contribution < 1.29 is 12.4 Å². The van der Waals surface area contributed by atoms with Gasteiger partial charge in [-0.15, -0.1) is 0 Å². The summed E-state index contributed by atoms with van der Waals surface area (Å²) in [6, 6.07) is 8.83. The second-order valence-corrected chi connectivity index (χ2v) is 8.08. The third kappa shape index (κ3) is 10.9. The molecule has 0 aliphatic rings. The number of benzene rings is 1. The molecule has 0 saturated carbocycles. The molecule has 0 heterocycles. The van der Waals surface area contributed by atoms with Crippen LogP contribution in [0.3, 0.4) is 0 Å². The molecule has 2 heteroatoms. The van der Waals surface area contributed by atoms with Crippen LogP contribution in [0.5, 0.6) is 0 Å². The van der Waals surface area contributed by atoms with Crippen LogP contribution >= 0.6 is 0 Å². The molecule has 0 saturated heterocycles. The van der Waals surface area contributed by atoms with E-state index >= 15 is 0 Å². The summed E-state index contributed by atoms with van der Waals surface area (Å²) >= 11 is 0. The minimum absolute atomic E-state index is 0. The number of hydrogen-bond acceptors (Lipinski definition) is 0. The molecule has 0 aliphatic carbocycles. The van der Waals surface area contributed by atoms with Crippen molar-refractivity contribution >= 4 is 5.69 Å². The molecule has 0 N–H and O–H groups in total. The van der Waals surface area contributed by atoms with E-state index in [-0.39, 0.29) is 12.4 Å². The van der Waals surface area contributed by atoms with Crippen molar-refractivity contribution in [3.63, 3.8) is 0 Å². The highest BCUT2D eigenvalue weighted by atomic mass is 35.5. The smallest absolute Gasteiger partial charge is 0.135 e. The summed E-state index contributed by atoms with van der Waals surface area (Å²) in [6.07, 6.45) is 17.1. The van der Waals surface area contributed by atoms with Crippen LogP contribution in [-0.4, -0.2) is 20.6 Å². The van der Waals surface area contributed by atoms with E-state index in [0.29, 0.717) is 0 Å². The number of nitrogens with zero attached hydrogens (tertiary/aromatic N) is 1. The largest absolute Gasteiger partial charge is 1.00 e. The molecule has 0 aromatic heterocycles. The normalized spacial score (nSPS) is 11.4. The van der Waals surface area contributed by atoms with E-state index in [1.807, 2.05) is 0 Å². The molecule has 0 unspecified atom stereocenters. The van der Waals surface area contributed by atoms with Gasteiger partial charge in [0.2, 0.25) is 0 Å². The highest BCUT2D eigenvalue weighted by Gasteiger charge is 2.19. The molecule has 0 aliphatic heterocycles.